The number of primary amides is 1. The molecule has 0 spiro atoms. The van der Waals surface area contributed by atoms with E-state index in [-0.39, 0.29) is 47.8 Å². The molecule has 13 heteroatoms. The van der Waals surface area contributed by atoms with Crippen LogP contribution in [0.15, 0.2) is 30.3 Å². The fraction of sp³-hybridized carbons (Fsp3) is 0.586. The van der Waals surface area contributed by atoms with Crippen LogP contribution in [-0.2, 0) is 23.7 Å². The molecule has 1 saturated heterocycles. The molecule has 0 bridgehead atoms. The molecule has 1 aromatic carbocycles. The quantitative estimate of drug-likeness (QED) is 0.140. The monoisotopic (exact) mass is 606 g/mol. The van der Waals surface area contributed by atoms with Crippen molar-refractivity contribution >= 4 is 37.5 Å². The summed E-state index contributed by atoms with van der Waals surface area (Å²) >= 11 is 0. The van der Waals surface area contributed by atoms with Crippen LogP contribution < -0.4 is 20.9 Å². The molecule has 4 amide bonds. The molecule has 1 heterocycles. The van der Waals surface area contributed by atoms with Crippen LogP contribution in [0, 0.1) is 17.8 Å². The summed E-state index contributed by atoms with van der Waals surface area (Å²) in [5.41, 5.74) is 5.91. The van der Waals surface area contributed by atoms with Gasteiger partial charge in [0.25, 0.3) is 0 Å². The van der Waals surface area contributed by atoms with E-state index in [1.54, 1.807) is 4.90 Å². The Bertz CT molecular complexity index is 1200. The molecule has 3 rings (SSSR count). The average Bonchev–Trinajstić information content (AvgIpc) is 3.56. The summed E-state index contributed by atoms with van der Waals surface area (Å²) in [6, 6.07) is 4.16. The van der Waals surface area contributed by atoms with Gasteiger partial charge in [-0.1, -0.05) is 45.7 Å². The smallest absolute Gasteiger partial charge is 0.404 e. The Kier molecular flexibility index (Phi) is 11.7. The maximum absolute atomic E-state index is 13.8. The van der Waals surface area contributed by atoms with Crippen molar-refractivity contribution in [2.75, 3.05) is 6.54 Å². The lowest BCUT2D eigenvalue weighted by Gasteiger charge is -2.32. The second-order valence-corrected chi connectivity index (χ2v) is 12.8. The first-order valence-corrected chi connectivity index (χ1v) is 16.0. The van der Waals surface area contributed by atoms with Crippen LogP contribution in [0.5, 0.6) is 5.75 Å². The summed E-state index contributed by atoms with van der Waals surface area (Å²) in [6.07, 6.45) is 7.26. The van der Waals surface area contributed by atoms with Crippen molar-refractivity contribution in [2.24, 2.45) is 23.5 Å². The number of nitrogens with one attached hydrogen (secondary N) is 2. The zero-order chi connectivity index (χ0) is 31.0. The molecule has 42 heavy (non-hydrogen) atoms. The van der Waals surface area contributed by atoms with E-state index < -0.39 is 31.7 Å². The molecule has 2 fully saturated rings. The van der Waals surface area contributed by atoms with Crippen LogP contribution in [0.4, 0.5) is 0 Å². The number of carbonyl (C=O) groups is 4. The molecule has 12 nitrogen and oxygen atoms in total. The molecular weight excluding hydrogens is 563 g/mol. The van der Waals surface area contributed by atoms with Crippen LogP contribution in [0.25, 0.3) is 6.08 Å². The maximum Gasteiger partial charge on any atom is 0.524 e. The van der Waals surface area contributed by atoms with Gasteiger partial charge in [0.2, 0.25) is 23.6 Å². The number of unbranched alkanes of at least 4 members (excludes halogenated alkanes) is 1. The number of fused-ring (bicyclic) bond motifs is 1. The van der Waals surface area contributed by atoms with Gasteiger partial charge in [0.05, 0.1) is 0 Å². The lowest BCUT2D eigenvalue weighted by molar-refractivity contribution is -0.142. The van der Waals surface area contributed by atoms with Crippen molar-refractivity contribution in [1.82, 2.24) is 15.5 Å². The molecule has 0 radical (unpaired) electrons. The predicted molar refractivity (Wildman–Crippen MR) is 157 cm³/mol. The van der Waals surface area contributed by atoms with Gasteiger partial charge < -0.3 is 25.8 Å². The Hall–Kier alpha value is -3.21. The SMILES string of the molecule is CCCC[C@H](CCC(N)=O)NC(=O)[C@@H]1[C@@H]2C[C@@H]2CN1C(=O)[C@H](CC(C)C)NC(=O)/C=C/c1ccc(OP(=O)(O)O)cc1. The van der Waals surface area contributed by atoms with Crippen LogP contribution in [-0.4, -0.2) is 63.0 Å². The minimum atomic E-state index is -4.67. The Morgan fingerprint density at radius 2 is 1.83 bits per heavy atom. The number of rotatable bonds is 16. The van der Waals surface area contributed by atoms with Crippen LogP contribution in [0.3, 0.4) is 0 Å². The highest BCUT2D eigenvalue weighted by Gasteiger charge is 2.57. The van der Waals surface area contributed by atoms with E-state index >= 15 is 0 Å². The summed E-state index contributed by atoms with van der Waals surface area (Å²) < 4.78 is 15.5. The third-order valence-electron chi connectivity index (χ3n) is 7.55. The van der Waals surface area contributed by atoms with Crippen LogP contribution >= 0.6 is 7.82 Å². The van der Waals surface area contributed by atoms with Crippen molar-refractivity contribution in [3.8, 4) is 5.75 Å². The Morgan fingerprint density at radius 1 is 1.14 bits per heavy atom. The van der Waals surface area contributed by atoms with Crippen molar-refractivity contribution < 1.29 is 38.1 Å². The van der Waals surface area contributed by atoms with Crippen molar-refractivity contribution in [3.63, 3.8) is 0 Å². The van der Waals surface area contributed by atoms with Gasteiger partial charge in [0.15, 0.2) is 0 Å². The minimum Gasteiger partial charge on any atom is -0.404 e. The van der Waals surface area contributed by atoms with Crippen molar-refractivity contribution in [1.29, 1.82) is 0 Å². The lowest BCUT2D eigenvalue weighted by Crippen LogP contribution is -2.56. The molecular formula is C29H43N4O8P. The van der Waals surface area contributed by atoms with E-state index in [0.29, 0.717) is 24.9 Å². The fourth-order valence-corrected chi connectivity index (χ4v) is 5.83. The molecule has 5 atom stereocenters. The summed E-state index contributed by atoms with van der Waals surface area (Å²) in [7, 11) is -4.67. The van der Waals surface area contributed by atoms with Crippen LogP contribution in [0.2, 0.25) is 0 Å². The number of nitrogens with two attached hydrogens (primary N) is 1. The normalized spacial score (nSPS) is 21.1. The van der Waals surface area contributed by atoms with Gasteiger partial charge in [-0.25, -0.2) is 4.57 Å². The standard InChI is InChI=1S/C29H43N4O8P/c1-4-5-6-21(10-13-25(30)34)31-28(36)27-23-16-20(23)17-33(27)29(37)24(15-18(2)3)32-26(35)14-9-19-7-11-22(12-8-19)41-42(38,39)40/h7-9,11-12,14,18,20-21,23-24,27H,4-6,10,13,15-17H2,1-3H3,(H2,30,34)(H,31,36)(H,32,35)(H2,38,39,40)/b14-9+/t20-,21-,23-,24+,27+/m1/s1. The predicted octanol–water partition coefficient (Wildman–Crippen LogP) is 2.49. The van der Waals surface area contributed by atoms with Crippen molar-refractivity contribution in [2.45, 2.75) is 83.8 Å². The number of likely N-dealkylation sites (tertiary alicyclic amines) is 1. The first-order chi connectivity index (χ1) is 19.8. The maximum atomic E-state index is 13.8. The summed E-state index contributed by atoms with van der Waals surface area (Å²) in [5, 5.41) is 5.88. The van der Waals surface area contributed by atoms with Crippen LogP contribution in [0.1, 0.15) is 71.3 Å². The van der Waals surface area contributed by atoms with E-state index in [4.69, 9.17) is 15.5 Å². The Morgan fingerprint density at radius 3 is 2.43 bits per heavy atom. The van der Waals surface area contributed by atoms with E-state index in [0.717, 1.165) is 25.7 Å². The molecule has 1 aromatic rings. The fourth-order valence-electron chi connectivity index (χ4n) is 5.43. The molecule has 1 aliphatic carbocycles. The molecule has 1 saturated carbocycles. The second kappa shape index (κ2) is 14.8. The topological polar surface area (TPSA) is 188 Å². The van der Waals surface area contributed by atoms with Gasteiger partial charge in [-0.2, -0.15) is 0 Å². The molecule has 232 valence electrons. The number of phosphoric acid groups is 1. The number of benzene rings is 1. The summed E-state index contributed by atoms with van der Waals surface area (Å²) in [5.74, 6) is -0.986. The number of carbonyl (C=O) groups excluding carboxylic acids is 4. The molecule has 1 aliphatic heterocycles. The lowest BCUT2D eigenvalue weighted by atomic mass is 10.0. The number of amides is 4. The van der Waals surface area contributed by atoms with Crippen molar-refractivity contribution in [3.05, 3.63) is 35.9 Å². The highest BCUT2D eigenvalue weighted by Crippen LogP contribution is 2.50. The molecule has 0 unspecified atom stereocenters. The first-order valence-electron chi connectivity index (χ1n) is 14.5. The van der Waals surface area contributed by atoms with Gasteiger partial charge in [-0.3, -0.25) is 29.0 Å². The van der Waals surface area contributed by atoms with Gasteiger partial charge in [-0.05, 0) is 67.2 Å². The molecule has 6 N–H and O–H groups in total. The van der Waals surface area contributed by atoms with Gasteiger partial charge in [-0.15, -0.1) is 0 Å². The highest BCUT2D eigenvalue weighted by molar-refractivity contribution is 7.46. The summed E-state index contributed by atoms with van der Waals surface area (Å²) in [4.78, 5) is 70.8. The minimum absolute atomic E-state index is 0.0145. The van der Waals surface area contributed by atoms with Gasteiger partial charge >= 0.3 is 7.82 Å². The third-order valence-corrected chi connectivity index (χ3v) is 8.00. The van der Waals surface area contributed by atoms with Gasteiger partial charge in [0, 0.05) is 25.1 Å². The number of piperidine rings is 1. The Balaban J connectivity index is 1.67. The van der Waals surface area contributed by atoms with E-state index in [9.17, 15) is 23.7 Å². The van der Waals surface area contributed by atoms with E-state index in [1.807, 2.05) is 13.8 Å². The molecule has 0 aromatic heterocycles. The average molecular weight is 607 g/mol. The first kappa shape index (κ1) is 33.3. The number of nitrogens with zero attached hydrogens (tertiary/aromatic N) is 1. The molecule has 2 aliphatic rings. The number of hydrogen-bond donors (Lipinski definition) is 5. The largest absolute Gasteiger partial charge is 0.524 e. The number of phosphoric ester groups is 1. The second-order valence-electron chi connectivity index (χ2n) is 11.6. The third kappa shape index (κ3) is 10.3. The van der Waals surface area contributed by atoms with E-state index in [2.05, 4.69) is 22.1 Å². The highest BCUT2D eigenvalue weighted by atomic mass is 31.2. The zero-order valence-electron chi connectivity index (χ0n) is 24.4. The number of hydrogen-bond acceptors (Lipinski definition) is 6. The summed E-state index contributed by atoms with van der Waals surface area (Å²) in [6.45, 7) is 6.42. The van der Waals surface area contributed by atoms with E-state index in [1.165, 1.54) is 36.4 Å². The van der Waals surface area contributed by atoms with Gasteiger partial charge in [0.1, 0.15) is 17.8 Å². The Labute approximate surface area is 246 Å². The zero-order valence-corrected chi connectivity index (χ0v) is 25.3.